The maximum atomic E-state index is 13.6. The average Bonchev–Trinajstić information content (AvgIpc) is 3.44. The van der Waals surface area contributed by atoms with Crippen LogP contribution < -0.4 is 10.4 Å². The fourth-order valence-corrected chi connectivity index (χ4v) is 4.57. The Morgan fingerprint density at radius 3 is 2.68 bits per heavy atom. The number of hydrogen-bond donors (Lipinski definition) is 0. The van der Waals surface area contributed by atoms with Crippen molar-refractivity contribution >= 4 is 17.1 Å². The van der Waals surface area contributed by atoms with Gasteiger partial charge >= 0.3 is 11.7 Å². The Hall–Kier alpha value is -3.98. The van der Waals surface area contributed by atoms with Gasteiger partial charge < -0.3 is 9.47 Å². The van der Waals surface area contributed by atoms with Gasteiger partial charge in [-0.05, 0) is 55.0 Å². The van der Waals surface area contributed by atoms with Gasteiger partial charge in [-0.3, -0.25) is 19.0 Å². The Balaban J connectivity index is 1.44. The molecular weight excluding hydrogens is 434 g/mol. The second-order valence-electron chi connectivity index (χ2n) is 8.24. The molecule has 174 valence electrons. The van der Waals surface area contributed by atoms with Gasteiger partial charge in [-0.25, -0.2) is 14.6 Å². The topological polar surface area (TPSA) is 91.5 Å². The normalized spacial score (nSPS) is 16.1. The van der Waals surface area contributed by atoms with Crippen molar-refractivity contribution in [3.8, 4) is 11.4 Å². The Bertz CT molecular complexity index is 1390. The first-order valence-electron chi connectivity index (χ1n) is 11.1. The van der Waals surface area contributed by atoms with E-state index in [1.54, 1.807) is 40.8 Å². The van der Waals surface area contributed by atoms with Gasteiger partial charge in [-0.1, -0.05) is 0 Å². The van der Waals surface area contributed by atoms with Crippen LogP contribution >= 0.6 is 0 Å². The highest BCUT2D eigenvalue weighted by Gasteiger charge is 2.29. The molecule has 0 aliphatic carbocycles. The van der Waals surface area contributed by atoms with Crippen LogP contribution in [0.25, 0.3) is 16.9 Å². The van der Waals surface area contributed by atoms with Crippen molar-refractivity contribution in [3.05, 3.63) is 82.7 Å². The molecule has 3 aromatic heterocycles. The van der Waals surface area contributed by atoms with Crippen molar-refractivity contribution in [1.29, 1.82) is 0 Å². The van der Waals surface area contributed by atoms with Crippen LogP contribution in [0.1, 0.15) is 28.5 Å². The maximum absolute atomic E-state index is 13.6. The van der Waals surface area contributed by atoms with E-state index in [0.717, 1.165) is 35.6 Å². The molecular formula is C25H25N5O4. The Morgan fingerprint density at radius 1 is 1.09 bits per heavy atom. The number of likely N-dealkylation sites (tertiary alicyclic amines) is 1. The summed E-state index contributed by atoms with van der Waals surface area (Å²) < 4.78 is 13.6. The number of esters is 1. The van der Waals surface area contributed by atoms with E-state index in [1.807, 2.05) is 36.4 Å². The van der Waals surface area contributed by atoms with Crippen molar-refractivity contribution in [3.63, 3.8) is 0 Å². The number of benzene rings is 1. The summed E-state index contributed by atoms with van der Waals surface area (Å²) in [5.41, 5.74) is 3.35. The van der Waals surface area contributed by atoms with E-state index in [4.69, 9.17) is 9.47 Å². The highest BCUT2D eigenvalue weighted by Crippen LogP contribution is 2.27. The summed E-state index contributed by atoms with van der Waals surface area (Å²) in [5.74, 6) is 0.349. The van der Waals surface area contributed by atoms with Crippen molar-refractivity contribution < 1.29 is 14.3 Å². The molecule has 0 radical (unpaired) electrons. The molecule has 1 aliphatic heterocycles. The molecule has 1 aliphatic rings. The molecule has 1 aromatic carbocycles. The van der Waals surface area contributed by atoms with Crippen molar-refractivity contribution in [2.45, 2.75) is 19.0 Å². The zero-order valence-corrected chi connectivity index (χ0v) is 19.0. The lowest BCUT2D eigenvalue weighted by Crippen LogP contribution is -2.29. The summed E-state index contributed by atoms with van der Waals surface area (Å²) >= 11 is 0. The fourth-order valence-electron chi connectivity index (χ4n) is 4.57. The molecule has 4 heterocycles. The molecule has 9 heteroatoms. The van der Waals surface area contributed by atoms with Crippen molar-refractivity contribution in [2.75, 3.05) is 27.3 Å². The van der Waals surface area contributed by atoms with E-state index in [0.29, 0.717) is 24.3 Å². The molecule has 4 aromatic rings. The summed E-state index contributed by atoms with van der Waals surface area (Å²) in [6, 6.07) is 14.6. The zero-order valence-electron chi connectivity index (χ0n) is 19.0. The number of aromatic nitrogens is 4. The van der Waals surface area contributed by atoms with Gasteiger partial charge in [0.2, 0.25) is 0 Å². The van der Waals surface area contributed by atoms with E-state index in [-0.39, 0.29) is 17.7 Å². The van der Waals surface area contributed by atoms with Crippen LogP contribution in [0, 0.1) is 0 Å². The fraction of sp³-hybridized carbons (Fsp3) is 0.280. The Labute approximate surface area is 196 Å². The number of carbonyl (C=O) groups excluding carboxylic acids is 1. The molecule has 0 spiro atoms. The Morgan fingerprint density at radius 2 is 1.91 bits per heavy atom. The molecule has 5 rings (SSSR count). The van der Waals surface area contributed by atoms with E-state index in [9.17, 15) is 9.59 Å². The smallest absolute Gasteiger partial charge is 0.337 e. The third-order valence-corrected chi connectivity index (χ3v) is 6.20. The second kappa shape index (κ2) is 9.11. The first kappa shape index (κ1) is 21.8. The van der Waals surface area contributed by atoms with Gasteiger partial charge in [0.15, 0.2) is 5.65 Å². The number of pyridine rings is 2. The average molecular weight is 460 g/mol. The summed E-state index contributed by atoms with van der Waals surface area (Å²) in [6.45, 7) is 2.08. The predicted octanol–water partition coefficient (Wildman–Crippen LogP) is 2.82. The van der Waals surface area contributed by atoms with Gasteiger partial charge in [-0.2, -0.15) is 0 Å². The standard InChI is InChI=1S/C25H25N5O4/c1-33-21-7-5-19(6-8-21)29-22-4-3-11-27-23(22)30(25(29)32)20-10-13-28(16-20)15-18-14-17(9-12-26-18)24(31)34-2/h3-9,11-12,14,20H,10,13,15-16H2,1-2H3/t20-/m0/s1. The van der Waals surface area contributed by atoms with Crippen molar-refractivity contribution in [1.82, 2.24) is 24.0 Å². The first-order valence-corrected chi connectivity index (χ1v) is 11.1. The molecule has 1 fully saturated rings. The number of carbonyl (C=O) groups is 1. The number of ether oxygens (including phenoxy) is 2. The van der Waals surface area contributed by atoms with E-state index in [1.165, 1.54) is 7.11 Å². The number of hydrogen-bond acceptors (Lipinski definition) is 7. The lowest BCUT2D eigenvalue weighted by Gasteiger charge is -2.16. The maximum Gasteiger partial charge on any atom is 0.337 e. The first-order chi connectivity index (χ1) is 16.6. The quantitative estimate of drug-likeness (QED) is 0.410. The van der Waals surface area contributed by atoms with Crippen LogP contribution in [-0.4, -0.2) is 57.3 Å². The van der Waals surface area contributed by atoms with E-state index >= 15 is 0 Å². The Kier molecular flexibility index (Phi) is 5.85. The number of fused-ring (bicyclic) bond motifs is 1. The summed E-state index contributed by atoms with van der Waals surface area (Å²) in [7, 11) is 2.98. The molecule has 1 atom stereocenters. The van der Waals surface area contributed by atoms with Crippen LogP contribution in [0.15, 0.2) is 65.7 Å². The van der Waals surface area contributed by atoms with Gasteiger partial charge in [0.25, 0.3) is 0 Å². The molecule has 9 nitrogen and oxygen atoms in total. The second-order valence-corrected chi connectivity index (χ2v) is 8.24. The van der Waals surface area contributed by atoms with Gasteiger partial charge in [0.05, 0.1) is 42.7 Å². The largest absolute Gasteiger partial charge is 0.497 e. The minimum atomic E-state index is -0.382. The van der Waals surface area contributed by atoms with Crippen LogP contribution in [0.3, 0.4) is 0 Å². The molecule has 0 N–H and O–H groups in total. The molecule has 0 amide bonds. The number of rotatable bonds is 6. The lowest BCUT2D eigenvalue weighted by molar-refractivity contribution is 0.0600. The summed E-state index contributed by atoms with van der Waals surface area (Å²) in [5, 5.41) is 0. The number of nitrogens with zero attached hydrogens (tertiary/aromatic N) is 5. The monoisotopic (exact) mass is 459 g/mol. The highest BCUT2D eigenvalue weighted by molar-refractivity contribution is 5.89. The lowest BCUT2D eigenvalue weighted by atomic mass is 10.2. The van der Waals surface area contributed by atoms with E-state index < -0.39 is 0 Å². The summed E-state index contributed by atoms with van der Waals surface area (Å²) in [6.07, 6.45) is 4.15. The minimum absolute atomic E-state index is 0.0202. The summed E-state index contributed by atoms with van der Waals surface area (Å²) in [4.78, 5) is 36.6. The predicted molar refractivity (Wildman–Crippen MR) is 126 cm³/mol. The number of methoxy groups -OCH3 is 2. The van der Waals surface area contributed by atoms with Crippen LogP contribution in [-0.2, 0) is 11.3 Å². The minimum Gasteiger partial charge on any atom is -0.497 e. The SMILES string of the molecule is COC(=O)c1ccnc(CN2CC[C@H](n3c(=O)n(-c4ccc(OC)cc4)c4cccnc43)C2)c1. The third-order valence-electron chi connectivity index (χ3n) is 6.20. The van der Waals surface area contributed by atoms with Gasteiger partial charge in [0, 0.05) is 32.0 Å². The van der Waals surface area contributed by atoms with Crippen LogP contribution in [0.4, 0.5) is 0 Å². The van der Waals surface area contributed by atoms with Crippen molar-refractivity contribution in [2.24, 2.45) is 0 Å². The number of imidazole rings is 1. The van der Waals surface area contributed by atoms with Crippen LogP contribution in [0.2, 0.25) is 0 Å². The van der Waals surface area contributed by atoms with Gasteiger partial charge in [-0.15, -0.1) is 0 Å². The molecule has 1 saturated heterocycles. The van der Waals surface area contributed by atoms with Crippen LogP contribution in [0.5, 0.6) is 5.75 Å². The molecule has 0 saturated carbocycles. The third kappa shape index (κ3) is 3.94. The molecule has 0 unspecified atom stereocenters. The molecule has 34 heavy (non-hydrogen) atoms. The van der Waals surface area contributed by atoms with Gasteiger partial charge in [0.1, 0.15) is 5.75 Å². The molecule has 0 bridgehead atoms. The zero-order chi connectivity index (χ0) is 23.7. The highest BCUT2D eigenvalue weighted by atomic mass is 16.5. The van der Waals surface area contributed by atoms with E-state index in [2.05, 4.69) is 14.9 Å².